The highest BCUT2D eigenvalue weighted by molar-refractivity contribution is 7.89. The van der Waals surface area contributed by atoms with E-state index in [1.807, 2.05) is 31.7 Å². The number of aryl methyl sites for hydroxylation is 1. The quantitative estimate of drug-likeness (QED) is 0.778. The van der Waals surface area contributed by atoms with Crippen LogP contribution in [0, 0.1) is 0 Å². The van der Waals surface area contributed by atoms with E-state index < -0.39 is 10.0 Å². The second-order valence-corrected chi connectivity index (χ2v) is 9.00. The molecule has 0 saturated carbocycles. The highest BCUT2D eigenvalue weighted by atomic mass is 32.2. The van der Waals surface area contributed by atoms with Crippen molar-refractivity contribution in [3.63, 3.8) is 0 Å². The van der Waals surface area contributed by atoms with Crippen LogP contribution in [0.3, 0.4) is 0 Å². The summed E-state index contributed by atoms with van der Waals surface area (Å²) in [5.41, 5.74) is 0.419. The van der Waals surface area contributed by atoms with Crippen molar-refractivity contribution in [1.82, 2.24) is 19.2 Å². The fourth-order valence-electron chi connectivity index (χ4n) is 3.28. The Balaban J connectivity index is 1.62. The van der Waals surface area contributed by atoms with Crippen molar-refractivity contribution in [2.75, 3.05) is 19.6 Å². The summed E-state index contributed by atoms with van der Waals surface area (Å²) in [7, 11) is -1.71. The van der Waals surface area contributed by atoms with Gasteiger partial charge in [0, 0.05) is 51.1 Å². The first-order valence-corrected chi connectivity index (χ1v) is 10.7. The van der Waals surface area contributed by atoms with Crippen LogP contribution in [-0.4, -0.2) is 60.0 Å². The summed E-state index contributed by atoms with van der Waals surface area (Å²) in [6.45, 7) is 4.81. The molecule has 9 heteroatoms. The van der Waals surface area contributed by atoms with E-state index in [9.17, 15) is 13.2 Å². The molecule has 28 heavy (non-hydrogen) atoms. The molecule has 1 aliphatic heterocycles. The van der Waals surface area contributed by atoms with Gasteiger partial charge in [-0.1, -0.05) is 0 Å². The Hall–Kier alpha value is -2.23. The van der Waals surface area contributed by atoms with E-state index in [0.29, 0.717) is 31.6 Å². The minimum Gasteiger partial charge on any atom is -0.373 e. The van der Waals surface area contributed by atoms with Gasteiger partial charge in [0.15, 0.2) is 0 Å². The van der Waals surface area contributed by atoms with Crippen molar-refractivity contribution >= 4 is 15.9 Å². The third kappa shape index (κ3) is 4.60. The molecule has 1 aromatic carbocycles. The number of nitrogens with one attached hydrogen (secondary N) is 1. The van der Waals surface area contributed by atoms with Crippen LogP contribution in [0.4, 0.5) is 0 Å². The fraction of sp³-hybridized carbons (Fsp3) is 0.474. The molecule has 0 aliphatic carbocycles. The Kier molecular flexibility index (Phi) is 6.17. The molecule has 1 fully saturated rings. The van der Waals surface area contributed by atoms with Gasteiger partial charge in [-0.05, 0) is 38.1 Å². The summed E-state index contributed by atoms with van der Waals surface area (Å²) in [5.74, 6) is 0.641. The van der Waals surface area contributed by atoms with Gasteiger partial charge in [-0.25, -0.2) is 13.4 Å². The minimum absolute atomic E-state index is 0.151. The van der Waals surface area contributed by atoms with E-state index in [1.54, 1.807) is 6.20 Å². The van der Waals surface area contributed by atoms with E-state index in [4.69, 9.17) is 4.74 Å². The van der Waals surface area contributed by atoms with Crippen LogP contribution in [0.15, 0.2) is 41.6 Å². The second kappa shape index (κ2) is 8.42. The molecule has 8 nitrogen and oxygen atoms in total. The molecule has 2 aromatic rings. The maximum Gasteiger partial charge on any atom is 0.251 e. The zero-order valence-corrected chi connectivity index (χ0v) is 17.1. The van der Waals surface area contributed by atoms with Gasteiger partial charge in [-0.15, -0.1) is 0 Å². The van der Waals surface area contributed by atoms with E-state index in [-0.39, 0.29) is 23.0 Å². The lowest BCUT2D eigenvalue weighted by Gasteiger charge is -2.34. The highest BCUT2D eigenvalue weighted by Gasteiger charge is 2.32. The monoisotopic (exact) mass is 406 g/mol. The fourth-order valence-corrected chi connectivity index (χ4v) is 4.87. The Morgan fingerprint density at radius 1 is 1.21 bits per heavy atom. The van der Waals surface area contributed by atoms with Gasteiger partial charge in [0.05, 0.1) is 17.1 Å². The second-order valence-electron chi connectivity index (χ2n) is 7.06. The molecule has 0 bridgehead atoms. The zero-order chi connectivity index (χ0) is 20.3. The number of rotatable bonds is 6. The SMILES string of the molecule is CC1CN(S(=O)(=O)c2ccc(C(=O)NCCc3nccn3C)cc2)CC(C)O1. The Bertz CT molecular complexity index is 914. The van der Waals surface area contributed by atoms with Crippen molar-refractivity contribution in [2.45, 2.75) is 37.4 Å². The summed E-state index contributed by atoms with van der Waals surface area (Å²) >= 11 is 0. The van der Waals surface area contributed by atoms with Gasteiger partial charge >= 0.3 is 0 Å². The molecule has 1 aromatic heterocycles. The van der Waals surface area contributed by atoms with Crippen molar-refractivity contribution in [2.24, 2.45) is 7.05 Å². The lowest BCUT2D eigenvalue weighted by molar-refractivity contribution is -0.0440. The summed E-state index contributed by atoms with van der Waals surface area (Å²) in [4.78, 5) is 16.7. The largest absolute Gasteiger partial charge is 0.373 e. The van der Waals surface area contributed by atoms with E-state index in [0.717, 1.165) is 5.82 Å². The van der Waals surface area contributed by atoms with E-state index in [1.165, 1.54) is 28.6 Å². The van der Waals surface area contributed by atoms with Crippen molar-refractivity contribution < 1.29 is 17.9 Å². The molecule has 0 radical (unpaired) electrons. The molecular formula is C19H26N4O4S. The summed E-state index contributed by atoms with van der Waals surface area (Å²) in [6, 6.07) is 6.04. The first-order chi connectivity index (χ1) is 13.3. The number of sulfonamides is 1. The number of morpholine rings is 1. The maximum absolute atomic E-state index is 12.9. The van der Waals surface area contributed by atoms with Crippen LogP contribution in [-0.2, 0) is 28.2 Å². The number of nitrogens with zero attached hydrogens (tertiary/aromatic N) is 3. The van der Waals surface area contributed by atoms with Gasteiger partial charge in [0.25, 0.3) is 5.91 Å². The molecule has 1 N–H and O–H groups in total. The molecule has 0 spiro atoms. The van der Waals surface area contributed by atoms with Crippen LogP contribution in [0.2, 0.25) is 0 Å². The molecule has 3 rings (SSSR count). The summed E-state index contributed by atoms with van der Waals surface area (Å²) in [6.07, 6.45) is 3.89. The number of hydrogen-bond acceptors (Lipinski definition) is 5. The third-order valence-electron chi connectivity index (χ3n) is 4.70. The van der Waals surface area contributed by atoms with Crippen LogP contribution < -0.4 is 5.32 Å². The topological polar surface area (TPSA) is 93.5 Å². The highest BCUT2D eigenvalue weighted by Crippen LogP contribution is 2.21. The third-order valence-corrected chi connectivity index (χ3v) is 6.54. The Labute approximate surface area is 165 Å². The Morgan fingerprint density at radius 2 is 1.86 bits per heavy atom. The van der Waals surface area contributed by atoms with Gasteiger partial charge in [0.1, 0.15) is 5.82 Å². The maximum atomic E-state index is 12.9. The number of aromatic nitrogens is 2. The normalized spacial score (nSPS) is 20.8. The van der Waals surface area contributed by atoms with Crippen molar-refractivity contribution in [3.05, 3.63) is 48.0 Å². The molecule has 1 saturated heterocycles. The predicted molar refractivity (Wildman–Crippen MR) is 104 cm³/mol. The molecule has 2 unspecified atom stereocenters. The summed E-state index contributed by atoms with van der Waals surface area (Å²) in [5, 5.41) is 2.83. The predicted octanol–water partition coefficient (Wildman–Crippen LogP) is 1.19. The average Bonchev–Trinajstić information content (AvgIpc) is 3.06. The first kappa shape index (κ1) is 20.5. The summed E-state index contributed by atoms with van der Waals surface area (Å²) < 4.78 is 34.7. The standard InChI is InChI=1S/C19H26N4O4S/c1-14-12-23(13-15(2)27-14)28(25,26)17-6-4-16(5-7-17)19(24)21-9-8-18-20-10-11-22(18)3/h4-7,10-11,14-15H,8-9,12-13H2,1-3H3,(H,21,24). The number of amides is 1. The van der Waals surface area contributed by atoms with E-state index in [2.05, 4.69) is 10.3 Å². The van der Waals surface area contributed by atoms with Crippen LogP contribution in [0.1, 0.15) is 30.0 Å². The minimum atomic E-state index is -3.61. The number of benzene rings is 1. The number of carbonyl (C=O) groups is 1. The van der Waals surface area contributed by atoms with E-state index >= 15 is 0 Å². The number of carbonyl (C=O) groups excluding carboxylic acids is 1. The molecule has 152 valence electrons. The van der Waals surface area contributed by atoms with Crippen LogP contribution in [0.5, 0.6) is 0 Å². The number of hydrogen-bond donors (Lipinski definition) is 1. The number of imidazole rings is 1. The molecular weight excluding hydrogens is 380 g/mol. The molecule has 2 atom stereocenters. The van der Waals surface area contributed by atoms with Gasteiger partial charge < -0.3 is 14.6 Å². The van der Waals surface area contributed by atoms with Gasteiger partial charge in [-0.3, -0.25) is 4.79 Å². The van der Waals surface area contributed by atoms with Crippen LogP contribution in [0.25, 0.3) is 0 Å². The molecule has 1 amide bonds. The lowest BCUT2D eigenvalue weighted by Crippen LogP contribution is -2.48. The Morgan fingerprint density at radius 3 is 2.43 bits per heavy atom. The number of ether oxygens (including phenoxy) is 1. The van der Waals surface area contributed by atoms with Crippen molar-refractivity contribution in [3.8, 4) is 0 Å². The zero-order valence-electron chi connectivity index (χ0n) is 16.3. The average molecular weight is 407 g/mol. The van der Waals surface area contributed by atoms with Gasteiger partial charge in [0.2, 0.25) is 10.0 Å². The first-order valence-electron chi connectivity index (χ1n) is 9.27. The smallest absolute Gasteiger partial charge is 0.251 e. The van der Waals surface area contributed by atoms with Crippen molar-refractivity contribution in [1.29, 1.82) is 0 Å². The lowest BCUT2D eigenvalue weighted by atomic mass is 10.2. The van der Waals surface area contributed by atoms with Gasteiger partial charge in [-0.2, -0.15) is 4.31 Å². The molecule has 1 aliphatic rings. The van der Waals surface area contributed by atoms with Crippen LogP contribution >= 0.6 is 0 Å². The molecule has 2 heterocycles.